The zero-order chi connectivity index (χ0) is 24.9. The van der Waals surface area contributed by atoms with E-state index in [4.69, 9.17) is 16.3 Å². The topological polar surface area (TPSA) is 100 Å². The van der Waals surface area contributed by atoms with E-state index >= 15 is 0 Å². The van der Waals surface area contributed by atoms with E-state index in [0.717, 1.165) is 11.4 Å². The molecule has 0 bridgehead atoms. The van der Waals surface area contributed by atoms with E-state index in [0.29, 0.717) is 60.1 Å². The highest BCUT2D eigenvalue weighted by molar-refractivity contribution is 6.30. The number of benzene rings is 2. The largest absolute Gasteiger partial charge is 0.466 e. The number of carbonyl (C=O) groups excluding carboxylic acids is 2. The second-order valence-electron chi connectivity index (χ2n) is 8.34. The van der Waals surface area contributed by atoms with Crippen LogP contribution in [0.2, 0.25) is 5.02 Å². The second kappa shape index (κ2) is 10.6. The summed E-state index contributed by atoms with van der Waals surface area (Å²) < 4.78 is 6.81. The number of carbonyl (C=O) groups is 2. The number of aromatic nitrogens is 2. The summed E-state index contributed by atoms with van der Waals surface area (Å²) in [6.45, 7) is 5.33. The van der Waals surface area contributed by atoms with Crippen LogP contribution in [0.1, 0.15) is 41.4 Å². The van der Waals surface area contributed by atoms with Gasteiger partial charge in [-0.2, -0.15) is 10.4 Å². The molecule has 0 radical (unpaired) electrons. The van der Waals surface area contributed by atoms with Crippen molar-refractivity contribution in [2.45, 2.75) is 26.7 Å². The van der Waals surface area contributed by atoms with Crippen LogP contribution < -0.4 is 10.2 Å². The summed E-state index contributed by atoms with van der Waals surface area (Å²) in [4.78, 5) is 27.1. The summed E-state index contributed by atoms with van der Waals surface area (Å²) in [5.41, 5.74) is 3.70. The van der Waals surface area contributed by atoms with E-state index in [1.165, 1.54) is 6.20 Å². The number of hydrogen-bond acceptors (Lipinski definition) is 6. The molecule has 1 aromatic heterocycles. The number of amides is 1. The zero-order valence-corrected chi connectivity index (χ0v) is 20.4. The van der Waals surface area contributed by atoms with Gasteiger partial charge >= 0.3 is 5.97 Å². The highest BCUT2D eigenvalue weighted by Gasteiger charge is 2.27. The Morgan fingerprint density at radius 3 is 2.57 bits per heavy atom. The number of nitrogens with zero attached hydrogens (tertiary/aromatic N) is 4. The first kappa shape index (κ1) is 24.3. The fourth-order valence-corrected chi connectivity index (χ4v) is 4.39. The Labute approximate surface area is 209 Å². The summed E-state index contributed by atoms with van der Waals surface area (Å²) in [6.07, 6.45) is 2.88. The molecule has 1 aliphatic rings. The van der Waals surface area contributed by atoms with Crippen LogP contribution in [-0.4, -0.2) is 41.4 Å². The molecule has 4 rings (SSSR count). The summed E-state index contributed by atoms with van der Waals surface area (Å²) >= 11 is 5.96. The van der Waals surface area contributed by atoms with Gasteiger partial charge < -0.3 is 15.0 Å². The molecule has 180 valence electrons. The SMILES string of the molecule is CCOC(=O)C1CCN(c2ccc(NC(=O)c3cnn(-c4ccc(Cl)cc4)c3C)cc2C#N)CC1. The van der Waals surface area contributed by atoms with Gasteiger partial charge in [-0.1, -0.05) is 11.6 Å². The van der Waals surface area contributed by atoms with Crippen molar-refractivity contribution in [1.82, 2.24) is 9.78 Å². The Balaban J connectivity index is 1.46. The molecular formula is C26H26ClN5O3. The first-order valence-electron chi connectivity index (χ1n) is 11.5. The predicted molar refractivity (Wildman–Crippen MR) is 134 cm³/mol. The second-order valence-corrected chi connectivity index (χ2v) is 8.78. The normalized spacial score (nSPS) is 13.8. The summed E-state index contributed by atoms with van der Waals surface area (Å²) in [7, 11) is 0. The smallest absolute Gasteiger partial charge is 0.309 e. The minimum atomic E-state index is -0.311. The number of piperidine rings is 1. The number of nitriles is 1. The van der Waals surface area contributed by atoms with Crippen LogP contribution in [0.3, 0.4) is 0 Å². The Kier molecular flexibility index (Phi) is 7.37. The third kappa shape index (κ3) is 5.31. The van der Waals surface area contributed by atoms with Gasteiger partial charge in [0.1, 0.15) is 6.07 Å². The molecule has 1 amide bonds. The van der Waals surface area contributed by atoms with Crippen molar-refractivity contribution < 1.29 is 14.3 Å². The predicted octanol–water partition coefficient (Wildman–Crippen LogP) is 4.74. The molecule has 9 heteroatoms. The molecular weight excluding hydrogens is 466 g/mol. The minimum absolute atomic E-state index is 0.104. The number of ether oxygens (including phenoxy) is 1. The van der Waals surface area contributed by atoms with E-state index in [1.807, 2.05) is 25.1 Å². The molecule has 2 aromatic carbocycles. The molecule has 0 spiro atoms. The Morgan fingerprint density at radius 1 is 1.20 bits per heavy atom. The van der Waals surface area contributed by atoms with Gasteiger partial charge in [0.2, 0.25) is 0 Å². The van der Waals surface area contributed by atoms with E-state index in [1.54, 1.807) is 35.9 Å². The summed E-state index contributed by atoms with van der Waals surface area (Å²) in [5.74, 6) is -0.567. The maximum atomic E-state index is 13.0. The fourth-order valence-electron chi connectivity index (χ4n) is 4.27. The third-order valence-corrected chi connectivity index (χ3v) is 6.41. The van der Waals surface area contributed by atoms with Crippen molar-refractivity contribution in [1.29, 1.82) is 5.26 Å². The highest BCUT2D eigenvalue weighted by atomic mass is 35.5. The monoisotopic (exact) mass is 491 g/mol. The molecule has 3 aromatic rings. The molecule has 0 saturated carbocycles. The van der Waals surface area contributed by atoms with Gasteiger partial charge in [-0.05, 0) is 69.2 Å². The first-order valence-corrected chi connectivity index (χ1v) is 11.9. The van der Waals surface area contributed by atoms with Crippen molar-refractivity contribution in [3.05, 3.63) is 70.5 Å². The molecule has 2 heterocycles. The maximum absolute atomic E-state index is 13.0. The lowest BCUT2D eigenvalue weighted by Crippen LogP contribution is -2.37. The van der Waals surface area contributed by atoms with Gasteiger partial charge in [0.15, 0.2) is 0 Å². The average molecular weight is 492 g/mol. The van der Waals surface area contributed by atoms with Crippen LogP contribution in [0.15, 0.2) is 48.7 Å². The number of anilines is 2. The third-order valence-electron chi connectivity index (χ3n) is 6.16. The molecule has 0 aliphatic carbocycles. The van der Waals surface area contributed by atoms with E-state index in [-0.39, 0.29) is 17.8 Å². The van der Waals surface area contributed by atoms with Crippen LogP contribution in [0.4, 0.5) is 11.4 Å². The van der Waals surface area contributed by atoms with Gasteiger partial charge in [0.25, 0.3) is 5.91 Å². The first-order chi connectivity index (χ1) is 16.9. The number of esters is 1. The quantitative estimate of drug-likeness (QED) is 0.500. The van der Waals surface area contributed by atoms with E-state index in [2.05, 4.69) is 21.4 Å². The van der Waals surface area contributed by atoms with Crippen molar-refractivity contribution in [3.63, 3.8) is 0 Å². The molecule has 8 nitrogen and oxygen atoms in total. The maximum Gasteiger partial charge on any atom is 0.309 e. The van der Waals surface area contributed by atoms with Crippen LogP contribution in [-0.2, 0) is 9.53 Å². The Bertz CT molecular complexity index is 1270. The molecule has 1 aliphatic heterocycles. The Morgan fingerprint density at radius 2 is 1.91 bits per heavy atom. The van der Waals surface area contributed by atoms with Crippen LogP contribution in [0, 0.1) is 24.2 Å². The fraction of sp³-hybridized carbons (Fsp3) is 0.308. The minimum Gasteiger partial charge on any atom is -0.466 e. The highest BCUT2D eigenvalue weighted by Crippen LogP contribution is 2.29. The van der Waals surface area contributed by atoms with Crippen LogP contribution >= 0.6 is 11.6 Å². The van der Waals surface area contributed by atoms with Crippen molar-refractivity contribution in [2.75, 3.05) is 29.9 Å². The van der Waals surface area contributed by atoms with E-state index < -0.39 is 0 Å². The standard InChI is InChI=1S/C26H26ClN5O3/c1-3-35-26(34)18-10-12-31(13-11-18)24-9-6-21(14-19(24)15-28)30-25(33)23-16-29-32(17(23)2)22-7-4-20(27)5-8-22/h4-9,14,16,18H,3,10-13H2,1-2H3,(H,30,33). The lowest BCUT2D eigenvalue weighted by Gasteiger charge is -2.33. The lowest BCUT2D eigenvalue weighted by molar-refractivity contribution is -0.148. The van der Waals surface area contributed by atoms with Gasteiger partial charge in [0, 0.05) is 23.8 Å². The summed E-state index contributed by atoms with van der Waals surface area (Å²) in [6, 6.07) is 14.7. The Hall–Kier alpha value is -3.83. The molecule has 35 heavy (non-hydrogen) atoms. The lowest BCUT2D eigenvalue weighted by atomic mass is 9.96. The van der Waals surface area contributed by atoms with Gasteiger partial charge in [0.05, 0.1) is 46.9 Å². The molecule has 1 fully saturated rings. The van der Waals surface area contributed by atoms with Gasteiger partial charge in [-0.3, -0.25) is 9.59 Å². The molecule has 0 unspecified atom stereocenters. The van der Waals surface area contributed by atoms with Gasteiger partial charge in [-0.25, -0.2) is 4.68 Å². The number of rotatable bonds is 6. The average Bonchev–Trinajstić information content (AvgIpc) is 3.26. The van der Waals surface area contributed by atoms with Crippen LogP contribution in [0.5, 0.6) is 0 Å². The van der Waals surface area contributed by atoms with Crippen molar-refractivity contribution in [2.24, 2.45) is 5.92 Å². The van der Waals surface area contributed by atoms with E-state index in [9.17, 15) is 14.9 Å². The number of nitrogens with one attached hydrogen (secondary N) is 1. The molecule has 0 atom stereocenters. The molecule has 1 N–H and O–H groups in total. The number of halogens is 1. The van der Waals surface area contributed by atoms with Crippen molar-refractivity contribution in [3.8, 4) is 11.8 Å². The number of hydrogen-bond donors (Lipinski definition) is 1. The summed E-state index contributed by atoms with van der Waals surface area (Å²) in [5, 5.41) is 17.6. The van der Waals surface area contributed by atoms with Crippen molar-refractivity contribution >= 4 is 34.9 Å². The van der Waals surface area contributed by atoms with Gasteiger partial charge in [-0.15, -0.1) is 0 Å². The zero-order valence-electron chi connectivity index (χ0n) is 19.6. The van der Waals surface area contributed by atoms with Crippen LogP contribution in [0.25, 0.3) is 5.69 Å². The molecule has 1 saturated heterocycles.